The Hall–Kier alpha value is -4.83. The van der Waals surface area contributed by atoms with Crippen LogP contribution in [-0.2, 0) is 22.3 Å². The smallest absolute Gasteiger partial charge is 0.416 e. The third-order valence-electron chi connectivity index (χ3n) is 5.72. The van der Waals surface area contributed by atoms with Gasteiger partial charge in [-0.2, -0.15) is 13.2 Å². The minimum absolute atomic E-state index is 0.224. The number of anilines is 3. The number of nitrogens with one attached hydrogen (secondary N) is 3. The molecule has 1 heterocycles. The first-order valence-electron chi connectivity index (χ1n) is 11.9. The highest BCUT2D eigenvalue weighted by atomic mass is 19.4. The summed E-state index contributed by atoms with van der Waals surface area (Å²) < 4.78 is 44.0. The summed E-state index contributed by atoms with van der Waals surface area (Å²) in [6.07, 6.45) is 0.0242. The van der Waals surface area contributed by atoms with Crippen LogP contribution >= 0.6 is 0 Å². The van der Waals surface area contributed by atoms with E-state index in [1.165, 1.54) is 24.5 Å². The number of hydrogen-bond acceptors (Lipinski definition) is 5. The van der Waals surface area contributed by atoms with Crippen molar-refractivity contribution in [1.29, 1.82) is 0 Å². The highest BCUT2D eigenvalue weighted by molar-refractivity contribution is 6.03. The van der Waals surface area contributed by atoms with Crippen LogP contribution in [0.15, 0.2) is 102 Å². The minimum Gasteiger partial charge on any atom is -0.468 e. The number of hydrogen-bond donors (Lipinski definition) is 4. The van der Waals surface area contributed by atoms with E-state index in [0.29, 0.717) is 28.3 Å². The van der Waals surface area contributed by atoms with Gasteiger partial charge in [0.05, 0.1) is 29.7 Å². The highest BCUT2D eigenvalue weighted by Gasteiger charge is 2.30. The predicted molar refractivity (Wildman–Crippen MR) is 143 cm³/mol. The van der Waals surface area contributed by atoms with Gasteiger partial charge in [0.2, 0.25) is 11.8 Å². The molecule has 0 saturated carbocycles. The zero-order chi connectivity index (χ0) is 27.8. The second-order valence-corrected chi connectivity index (χ2v) is 8.53. The van der Waals surface area contributed by atoms with Crippen molar-refractivity contribution in [3.63, 3.8) is 0 Å². The summed E-state index contributed by atoms with van der Waals surface area (Å²) in [5.41, 5.74) is 7.53. The largest absolute Gasteiger partial charge is 0.468 e. The number of halogens is 3. The molecule has 0 spiro atoms. The molecule has 0 bridgehead atoms. The number of amides is 2. The van der Waals surface area contributed by atoms with Crippen LogP contribution in [-0.4, -0.2) is 11.8 Å². The Kier molecular flexibility index (Phi) is 8.47. The molecule has 1 atom stereocenters. The number of nitrogens with two attached hydrogens (primary N) is 1. The second-order valence-electron chi connectivity index (χ2n) is 8.53. The molecule has 1 aromatic heterocycles. The summed E-state index contributed by atoms with van der Waals surface area (Å²) in [7, 11) is 0. The number of nitrogen functional groups attached to an aromatic ring is 1. The number of rotatable bonds is 9. The van der Waals surface area contributed by atoms with Gasteiger partial charge in [0.15, 0.2) is 0 Å². The zero-order valence-electron chi connectivity index (χ0n) is 20.5. The molecule has 2 amide bonds. The number of para-hydroxylation sites is 2. The zero-order valence-corrected chi connectivity index (χ0v) is 20.5. The molecule has 7 nitrogen and oxygen atoms in total. The summed E-state index contributed by atoms with van der Waals surface area (Å²) in [5, 5.41) is 8.48. The lowest BCUT2D eigenvalue weighted by Gasteiger charge is -2.19. The summed E-state index contributed by atoms with van der Waals surface area (Å²) >= 11 is 0. The van der Waals surface area contributed by atoms with Crippen molar-refractivity contribution in [2.75, 3.05) is 16.4 Å². The fourth-order valence-electron chi connectivity index (χ4n) is 3.69. The number of carbonyl (C=O) groups is 2. The van der Waals surface area contributed by atoms with Crippen molar-refractivity contribution >= 4 is 35.0 Å². The third kappa shape index (κ3) is 7.59. The van der Waals surface area contributed by atoms with Crippen LogP contribution in [0.2, 0.25) is 0 Å². The maximum Gasteiger partial charge on any atom is 0.416 e. The minimum atomic E-state index is -4.47. The van der Waals surface area contributed by atoms with E-state index in [-0.39, 0.29) is 18.1 Å². The number of furan rings is 1. The van der Waals surface area contributed by atoms with Crippen molar-refractivity contribution in [2.45, 2.75) is 18.8 Å². The lowest BCUT2D eigenvalue weighted by molar-refractivity contribution is -0.137. The Morgan fingerprint density at radius 2 is 1.62 bits per heavy atom. The van der Waals surface area contributed by atoms with Gasteiger partial charge in [0.1, 0.15) is 11.8 Å². The Bertz CT molecular complexity index is 1430. The normalized spacial score (nSPS) is 12.3. The van der Waals surface area contributed by atoms with Gasteiger partial charge < -0.3 is 20.8 Å². The van der Waals surface area contributed by atoms with Crippen LogP contribution in [0.5, 0.6) is 0 Å². The van der Waals surface area contributed by atoms with E-state index < -0.39 is 23.7 Å². The van der Waals surface area contributed by atoms with Gasteiger partial charge in [0.25, 0.3) is 0 Å². The SMILES string of the molecule is Nc1ccccc1NC(=O)/C=C/c1ccc(C(NCc2ccco2)C(=O)Nc2ccc(C(F)(F)F)cc2)cc1. The van der Waals surface area contributed by atoms with Gasteiger partial charge >= 0.3 is 6.18 Å². The molecule has 3 aromatic carbocycles. The van der Waals surface area contributed by atoms with E-state index in [1.54, 1.807) is 66.7 Å². The number of benzene rings is 3. The van der Waals surface area contributed by atoms with Crippen LogP contribution in [0.25, 0.3) is 6.08 Å². The molecule has 0 radical (unpaired) electrons. The van der Waals surface area contributed by atoms with Gasteiger partial charge in [-0.3, -0.25) is 14.9 Å². The van der Waals surface area contributed by atoms with Gasteiger partial charge in [-0.25, -0.2) is 0 Å². The maximum absolute atomic E-state index is 13.2. The molecular formula is C29H25F3N4O3. The predicted octanol–water partition coefficient (Wildman–Crippen LogP) is 6.00. The van der Waals surface area contributed by atoms with Crippen molar-refractivity contribution in [3.8, 4) is 0 Å². The van der Waals surface area contributed by atoms with E-state index in [0.717, 1.165) is 12.1 Å². The summed E-state index contributed by atoms with van der Waals surface area (Å²) in [5.74, 6) is -0.220. The number of carbonyl (C=O) groups excluding carboxylic acids is 2. The lowest BCUT2D eigenvalue weighted by atomic mass is 10.0. The van der Waals surface area contributed by atoms with Crippen LogP contribution in [0.3, 0.4) is 0 Å². The van der Waals surface area contributed by atoms with Crippen LogP contribution < -0.4 is 21.7 Å². The maximum atomic E-state index is 13.2. The molecule has 5 N–H and O–H groups in total. The molecule has 10 heteroatoms. The van der Waals surface area contributed by atoms with E-state index >= 15 is 0 Å². The van der Waals surface area contributed by atoms with Crippen molar-refractivity contribution in [1.82, 2.24) is 5.32 Å². The van der Waals surface area contributed by atoms with E-state index in [4.69, 9.17) is 10.2 Å². The molecule has 1 unspecified atom stereocenters. The summed E-state index contributed by atoms with van der Waals surface area (Å²) in [6.45, 7) is 0.239. The fraction of sp³-hybridized carbons (Fsp3) is 0.103. The standard InChI is InChI=1S/C29H25F3N4O3/c30-29(31,32)21-12-14-22(15-13-21)35-28(38)27(34-18-23-4-3-17-39-23)20-10-7-19(8-11-20)9-16-26(37)36-25-6-2-1-5-24(25)33/h1-17,27,34H,18,33H2,(H,35,38)(H,36,37)/b16-9+. The summed E-state index contributed by atoms with van der Waals surface area (Å²) in [6, 6.07) is 20.7. The number of alkyl halides is 3. The van der Waals surface area contributed by atoms with E-state index in [2.05, 4.69) is 16.0 Å². The van der Waals surface area contributed by atoms with E-state index in [1.807, 2.05) is 0 Å². The molecule has 200 valence electrons. The molecule has 0 fully saturated rings. The van der Waals surface area contributed by atoms with Gasteiger partial charge in [0, 0.05) is 11.8 Å². The Balaban J connectivity index is 1.46. The average Bonchev–Trinajstić information content (AvgIpc) is 3.43. The van der Waals surface area contributed by atoms with Crippen molar-refractivity contribution in [3.05, 3.63) is 120 Å². The highest BCUT2D eigenvalue weighted by Crippen LogP contribution is 2.30. The van der Waals surface area contributed by atoms with Gasteiger partial charge in [-0.15, -0.1) is 0 Å². The first-order valence-corrected chi connectivity index (χ1v) is 11.9. The molecule has 0 aliphatic rings. The van der Waals surface area contributed by atoms with Gasteiger partial charge in [-0.1, -0.05) is 36.4 Å². The van der Waals surface area contributed by atoms with Crippen LogP contribution in [0, 0.1) is 0 Å². The molecule has 0 aliphatic heterocycles. The quantitative estimate of drug-likeness (QED) is 0.156. The molecule has 0 aliphatic carbocycles. The molecule has 0 saturated heterocycles. The molecule has 4 aromatic rings. The third-order valence-corrected chi connectivity index (χ3v) is 5.72. The van der Waals surface area contributed by atoms with Crippen molar-refractivity contribution < 1.29 is 27.2 Å². The lowest BCUT2D eigenvalue weighted by Crippen LogP contribution is -2.32. The van der Waals surface area contributed by atoms with Crippen LogP contribution in [0.4, 0.5) is 30.2 Å². The molecule has 4 rings (SSSR count). The monoisotopic (exact) mass is 534 g/mol. The first kappa shape index (κ1) is 27.2. The Labute approximate surface area is 222 Å². The average molecular weight is 535 g/mol. The second kappa shape index (κ2) is 12.1. The Morgan fingerprint density at radius 1 is 0.897 bits per heavy atom. The molecular weight excluding hydrogens is 509 g/mol. The topological polar surface area (TPSA) is 109 Å². The first-order chi connectivity index (χ1) is 18.7. The summed E-state index contributed by atoms with van der Waals surface area (Å²) in [4.78, 5) is 25.4. The van der Waals surface area contributed by atoms with Gasteiger partial charge in [-0.05, 0) is 65.7 Å². The Morgan fingerprint density at radius 3 is 2.26 bits per heavy atom. The molecule has 39 heavy (non-hydrogen) atoms. The fourth-order valence-corrected chi connectivity index (χ4v) is 3.69. The van der Waals surface area contributed by atoms with Crippen molar-refractivity contribution in [2.24, 2.45) is 0 Å². The van der Waals surface area contributed by atoms with Crippen LogP contribution in [0.1, 0.15) is 28.5 Å². The van der Waals surface area contributed by atoms with E-state index in [9.17, 15) is 22.8 Å².